The van der Waals surface area contributed by atoms with Crippen LogP contribution in [0.4, 0.5) is 0 Å². The van der Waals surface area contributed by atoms with Crippen LogP contribution >= 0.6 is 11.6 Å². The van der Waals surface area contributed by atoms with E-state index < -0.39 is 0 Å². The number of phenolic OH excluding ortho intramolecular Hbond substituents is 1. The molecule has 1 N–H and O–H groups in total. The van der Waals surface area contributed by atoms with E-state index in [1.807, 2.05) is 31.2 Å². The van der Waals surface area contributed by atoms with Gasteiger partial charge in [-0.2, -0.15) is 0 Å². The fourth-order valence-corrected chi connectivity index (χ4v) is 7.25. The zero-order chi connectivity index (χ0) is 20.2. The van der Waals surface area contributed by atoms with E-state index in [-0.39, 0.29) is 10.8 Å². The number of halogens is 1. The first-order chi connectivity index (χ1) is 13.9. The normalized spacial score (nSPS) is 32.5. The Balaban J connectivity index is 1.38. The Bertz CT molecular complexity index is 932. The van der Waals surface area contributed by atoms with Crippen LogP contribution in [-0.2, 0) is 16.6 Å². The number of ketones is 1. The summed E-state index contributed by atoms with van der Waals surface area (Å²) in [5.41, 5.74) is 3.45. The maximum atomic E-state index is 13.6. The van der Waals surface area contributed by atoms with Crippen molar-refractivity contribution in [2.45, 2.75) is 63.7 Å². The molecule has 3 heteroatoms. The topological polar surface area (TPSA) is 37.3 Å². The number of carbonyl (C=O) groups excluding carboxylic acids is 1. The number of aryl methyl sites for hydroxylation is 2. The largest absolute Gasteiger partial charge is 0.508 e. The van der Waals surface area contributed by atoms with Crippen molar-refractivity contribution < 1.29 is 9.90 Å². The van der Waals surface area contributed by atoms with Gasteiger partial charge in [0.1, 0.15) is 11.5 Å². The summed E-state index contributed by atoms with van der Waals surface area (Å²) in [4.78, 5) is 13.6. The van der Waals surface area contributed by atoms with Gasteiger partial charge >= 0.3 is 0 Å². The second-order valence-electron chi connectivity index (χ2n) is 10.1. The lowest BCUT2D eigenvalue weighted by atomic mass is 9.42. The van der Waals surface area contributed by atoms with E-state index in [9.17, 15) is 9.90 Å². The summed E-state index contributed by atoms with van der Waals surface area (Å²) in [5.74, 6) is 2.17. The lowest BCUT2D eigenvalue weighted by Crippen LogP contribution is -2.56. The molecule has 2 nitrogen and oxygen atoms in total. The molecule has 0 saturated heterocycles. The highest BCUT2D eigenvalue weighted by atomic mass is 35.5. The summed E-state index contributed by atoms with van der Waals surface area (Å²) < 4.78 is 0. The predicted octanol–water partition coefficient (Wildman–Crippen LogP) is 6.39. The molecule has 0 radical (unpaired) electrons. The number of phenols is 1. The van der Waals surface area contributed by atoms with Crippen molar-refractivity contribution in [2.24, 2.45) is 17.3 Å². The number of Topliss-reactive ketones (excluding diaryl/α,β-unsaturated/α-hetero) is 1. The average Bonchev–Trinajstić information content (AvgIpc) is 2.68. The second kappa shape index (κ2) is 6.87. The van der Waals surface area contributed by atoms with Gasteiger partial charge in [-0.15, -0.1) is 0 Å². The summed E-state index contributed by atoms with van der Waals surface area (Å²) in [5, 5.41) is 10.5. The Morgan fingerprint density at radius 1 is 1.07 bits per heavy atom. The van der Waals surface area contributed by atoms with Gasteiger partial charge < -0.3 is 5.11 Å². The fraction of sp³-hybridized carbons (Fsp3) is 0.500. The molecule has 4 aliphatic carbocycles. The monoisotopic (exact) mass is 408 g/mol. The first-order valence-corrected chi connectivity index (χ1v) is 11.3. The first-order valence-electron chi connectivity index (χ1n) is 11.0. The van der Waals surface area contributed by atoms with E-state index >= 15 is 0 Å². The van der Waals surface area contributed by atoms with E-state index in [2.05, 4.69) is 12.1 Å². The standard InChI is InChI=1S/C26H29ClO2/c1-17-10-18(2-8-23(17)28)3-9-24(29)26-14-19-11-20(15-26)13-25(12-19,16-26)21-4-6-22(27)7-5-21/h2,4-8,10,19-20,28H,3,9,11-16H2,1H3. The SMILES string of the molecule is Cc1cc(CCC(=O)C23CC4CC(C2)CC(c2ccc(Cl)cc2)(C4)C3)ccc1O. The summed E-state index contributed by atoms with van der Waals surface area (Å²) >= 11 is 6.15. The Morgan fingerprint density at radius 3 is 2.41 bits per heavy atom. The summed E-state index contributed by atoms with van der Waals surface area (Å²) in [7, 11) is 0. The summed E-state index contributed by atoms with van der Waals surface area (Å²) in [6, 6.07) is 14.1. The summed E-state index contributed by atoms with van der Waals surface area (Å²) in [6.45, 7) is 1.91. The number of hydrogen-bond donors (Lipinski definition) is 1. The molecule has 29 heavy (non-hydrogen) atoms. The Kier molecular flexibility index (Phi) is 4.55. The van der Waals surface area contributed by atoms with E-state index in [1.165, 1.54) is 24.8 Å². The fourth-order valence-electron chi connectivity index (χ4n) is 7.13. The third-order valence-electron chi connectivity index (χ3n) is 8.01. The third-order valence-corrected chi connectivity index (χ3v) is 8.26. The van der Waals surface area contributed by atoms with Gasteiger partial charge in [0.05, 0.1) is 0 Å². The Morgan fingerprint density at radius 2 is 1.76 bits per heavy atom. The lowest BCUT2D eigenvalue weighted by Gasteiger charge is -2.62. The number of aromatic hydroxyl groups is 1. The minimum absolute atomic E-state index is 0.129. The van der Waals surface area contributed by atoms with Crippen LogP contribution in [0.3, 0.4) is 0 Å². The van der Waals surface area contributed by atoms with Gasteiger partial charge in [0.25, 0.3) is 0 Å². The average molecular weight is 409 g/mol. The highest BCUT2D eigenvalue weighted by Crippen LogP contribution is 2.66. The molecule has 2 aromatic carbocycles. The predicted molar refractivity (Wildman–Crippen MR) is 116 cm³/mol. The Hall–Kier alpha value is -1.80. The highest BCUT2D eigenvalue weighted by molar-refractivity contribution is 6.30. The number of benzene rings is 2. The first kappa shape index (κ1) is 19.2. The van der Waals surface area contributed by atoms with Crippen LogP contribution in [0.15, 0.2) is 42.5 Å². The molecule has 0 spiro atoms. The van der Waals surface area contributed by atoms with Crippen LogP contribution in [0.25, 0.3) is 0 Å². The van der Waals surface area contributed by atoms with E-state index in [1.54, 1.807) is 6.07 Å². The van der Waals surface area contributed by atoms with Crippen molar-refractivity contribution in [3.8, 4) is 5.75 Å². The Labute approximate surface area is 178 Å². The van der Waals surface area contributed by atoms with Gasteiger partial charge in [-0.25, -0.2) is 0 Å². The molecule has 6 rings (SSSR count). The van der Waals surface area contributed by atoms with Gasteiger partial charge in [0.2, 0.25) is 0 Å². The molecule has 4 bridgehead atoms. The van der Waals surface area contributed by atoms with E-state index in [4.69, 9.17) is 11.6 Å². The van der Waals surface area contributed by atoms with Crippen LogP contribution in [-0.4, -0.2) is 10.9 Å². The van der Waals surface area contributed by atoms with Gasteiger partial charge in [-0.3, -0.25) is 4.79 Å². The summed E-state index contributed by atoms with van der Waals surface area (Å²) in [6.07, 6.45) is 8.35. The molecular weight excluding hydrogens is 380 g/mol. The number of carbonyl (C=O) groups is 1. The third kappa shape index (κ3) is 3.30. The number of rotatable bonds is 5. The lowest BCUT2D eigenvalue weighted by molar-refractivity contribution is -0.146. The van der Waals surface area contributed by atoms with Crippen molar-refractivity contribution in [3.05, 3.63) is 64.2 Å². The number of hydrogen-bond acceptors (Lipinski definition) is 2. The van der Waals surface area contributed by atoms with Crippen molar-refractivity contribution in [1.29, 1.82) is 0 Å². The van der Waals surface area contributed by atoms with Crippen LogP contribution < -0.4 is 0 Å². The van der Waals surface area contributed by atoms with E-state index in [0.29, 0.717) is 29.8 Å². The van der Waals surface area contributed by atoms with Crippen molar-refractivity contribution in [3.63, 3.8) is 0 Å². The highest BCUT2D eigenvalue weighted by Gasteiger charge is 2.60. The molecule has 4 aliphatic rings. The van der Waals surface area contributed by atoms with Crippen LogP contribution in [0.1, 0.15) is 61.6 Å². The zero-order valence-corrected chi connectivity index (χ0v) is 17.8. The van der Waals surface area contributed by atoms with Gasteiger partial charge in [-0.1, -0.05) is 35.9 Å². The van der Waals surface area contributed by atoms with Crippen molar-refractivity contribution in [2.75, 3.05) is 0 Å². The van der Waals surface area contributed by atoms with Crippen molar-refractivity contribution >= 4 is 17.4 Å². The molecular formula is C26H29ClO2. The minimum Gasteiger partial charge on any atom is -0.508 e. The van der Waals surface area contributed by atoms with Gasteiger partial charge in [0, 0.05) is 16.9 Å². The molecule has 152 valence electrons. The molecule has 0 heterocycles. The smallest absolute Gasteiger partial charge is 0.139 e. The maximum absolute atomic E-state index is 13.6. The molecule has 2 atom stereocenters. The zero-order valence-electron chi connectivity index (χ0n) is 17.1. The molecule has 2 aromatic rings. The molecule has 0 amide bonds. The molecule has 0 aliphatic heterocycles. The quantitative estimate of drug-likeness (QED) is 0.621. The second-order valence-corrected chi connectivity index (χ2v) is 10.5. The van der Waals surface area contributed by atoms with Gasteiger partial charge in [-0.05, 0) is 104 Å². The molecule has 4 saturated carbocycles. The molecule has 2 unspecified atom stereocenters. The minimum atomic E-state index is -0.129. The van der Waals surface area contributed by atoms with E-state index in [0.717, 1.165) is 41.8 Å². The maximum Gasteiger partial charge on any atom is 0.139 e. The molecule has 4 fully saturated rings. The van der Waals surface area contributed by atoms with Crippen LogP contribution in [0.2, 0.25) is 5.02 Å². The van der Waals surface area contributed by atoms with Crippen molar-refractivity contribution in [1.82, 2.24) is 0 Å². The van der Waals surface area contributed by atoms with Gasteiger partial charge in [0.15, 0.2) is 0 Å². The van der Waals surface area contributed by atoms with Crippen LogP contribution in [0, 0.1) is 24.2 Å². The molecule has 0 aromatic heterocycles. The van der Waals surface area contributed by atoms with Crippen LogP contribution in [0.5, 0.6) is 5.75 Å².